The number of hydrogen-bond acceptors (Lipinski definition) is 4. The molecule has 0 N–H and O–H groups in total. The quantitative estimate of drug-likeness (QED) is 0.468. The summed E-state index contributed by atoms with van der Waals surface area (Å²) in [5.74, 6) is -0.0445. The maximum Gasteiger partial charge on any atom is 0.272 e. The maximum absolute atomic E-state index is 11.1. The van der Waals surface area contributed by atoms with Crippen LogP contribution >= 0.6 is 0 Å². The molecule has 0 bridgehead atoms. The Morgan fingerprint density at radius 3 is 2.79 bits per heavy atom. The summed E-state index contributed by atoms with van der Waals surface area (Å²) in [6.07, 6.45) is 3.65. The predicted molar refractivity (Wildman–Crippen MR) is 69.0 cm³/mol. The number of carbonyl (C=O) groups is 1. The molecule has 1 aromatic carbocycles. The van der Waals surface area contributed by atoms with E-state index in [9.17, 15) is 14.9 Å². The van der Waals surface area contributed by atoms with Crippen molar-refractivity contribution in [2.75, 3.05) is 0 Å². The first-order chi connectivity index (χ1) is 9.08. The van der Waals surface area contributed by atoms with Gasteiger partial charge in [-0.15, -0.1) is 0 Å². The minimum atomic E-state index is -0.389. The van der Waals surface area contributed by atoms with Crippen LogP contribution in [0.15, 0.2) is 36.7 Å². The summed E-state index contributed by atoms with van der Waals surface area (Å²) >= 11 is 0. The summed E-state index contributed by atoms with van der Waals surface area (Å²) in [5, 5.41) is 14.9. The Kier molecular flexibility index (Phi) is 3.70. The highest BCUT2D eigenvalue weighted by molar-refractivity contribution is 5.93. The molecule has 1 aromatic heterocycles. The highest BCUT2D eigenvalue weighted by Crippen LogP contribution is 2.18. The first kappa shape index (κ1) is 12.9. The van der Waals surface area contributed by atoms with Crippen LogP contribution in [0, 0.1) is 10.1 Å². The van der Waals surface area contributed by atoms with Crippen molar-refractivity contribution in [3.8, 4) is 0 Å². The fourth-order valence-electron chi connectivity index (χ4n) is 1.80. The molecule has 19 heavy (non-hydrogen) atoms. The molecule has 1 heterocycles. The molecule has 2 aromatic rings. The Hall–Kier alpha value is -2.50. The molecule has 0 radical (unpaired) electrons. The van der Waals surface area contributed by atoms with E-state index in [4.69, 9.17) is 0 Å². The third kappa shape index (κ3) is 3.04. The molecular formula is C13H13N3O3. The van der Waals surface area contributed by atoms with Crippen molar-refractivity contribution in [1.82, 2.24) is 9.78 Å². The molecule has 0 aliphatic heterocycles. The zero-order valence-electron chi connectivity index (χ0n) is 10.4. The number of hydrogen-bond donors (Lipinski definition) is 0. The van der Waals surface area contributed by atoms with Crippen molar-refractivity contribution < 1.29 is 9.72 Å². The highest BCUT2D eigenvalue weighted by atomic mass is 16.6. The fraction of sp³-hybridized carbons (Fsp3) is 0.231. The van der Waals surface area contributed by atoms with E-state index in [-0.39, 0.29) is 16.4 Å². The molecule has 0 saturated heterocycles. The molecule has 0 saturated carbocycles. The third-order valence-corrected chi connectivity index (χ3v) is 2.84. The SMILES string of the molecule is CC(=O)c1cnn(CCc2ccccc2[N+](=O)[O-])c1. The molecule has 0 spiro atoms. The number of rotatable bonds is 5. The lowest BCUT2D eigenvalue weighted by molar-refractivity contribution is -0.385. The molecule has 0 atom stereocenters. The Bertz CT molecular complexity index is 619. The van der Waals surface area contributed by atoms with Gasteiger partial charge in [-0.05, 0) is 13.3 Å². The second-order valence-corrected chi connectivity index (χ2v) is 4.18. The van der Waals surface area contributed by atoms with E-state index in [1.807, 2.05) is 0 Å². The van der Waals surface area contributed by atoms with Gasteiger partial charge in [-0.1, -0.05) is 18.2 Å². The standard InChI is InChI=1S/C13H13N3O3/c1-10(17)12-8-14-15(9-12)7-6-11-4-2-3-5-13(11)16(18)19/h2-5,8-9H,6-7H2,1H3. The number of Topliss-reactive ketones (excluding diaryl/α,β-unsaturated/α-hetero) is 1. The lowest BCUT2D eigenvalue weighted by Gasteiger charge is -2.03. The van der Waals surface area contributed by atoms with E-state index in [2.05, 4.69) is 5.10 Å². The van der Waals surface area contributed by atoms with Crippen molar-refractivity contribution in [3.05, 3.63) is 57.9 Å². The average molecular weight is 259 g/mol. The van der Waals surface area contributed by atoms with Crippen LogP contribution in [-0.4, -0.2) is 20.5 Å². The molecule has 0 amide bonds. The van der Waals surface area contributed by atoms with E-state index in [0.29, 0.717) is 24.1 Å². The number of benzene rings is 1. The summed E-state index contributed by atoms with van der Waals surface area (Å²) < 4.78 is 1.62. The van der Waals surface area contributed by atoms with Gasteiger partial charge in [-0.3, -0.25) is 19.6 Å². The van der Waals surface area contributed by atoms with Crippen molar-refractivity contribution in [2.24, 2.45) is 0 Å². The number of aryl methyl sites for hydroxylation is 2. The van der Waals surface area contributed by atoms with Gasteiger partial charge in [0.15, 0.2) is 5.78 Å². The highest BCUT2D eigenvalue weighted by Gasteiger charge is 2.12. The third-order valence-electron chi connectivity index (χ3n) is 2.84. The first-order valence-electron chi connectivity index (χ1n) is 5.83. The Morgan fingerprint density at radius 1 is 1.42 bits per heavy atom. The smallest absolute Gasteiger partial charge is 0.272 e. The number of nitro benzene ring substituents is 1. The number of carbonyl (C=O) groups excluding carboxylic acids is 1. The summed E-state index contributed by atoms with van der Waals surface area (Å²) in [4.78, 5) is 21.6. The van der Waals surface area contributed by atoms with Gasteiger partial charge in [0.25, 0.3) is 5.69 Å². The van der Waals surface area contributed by atoms with Crippen LogP contribution in [-0.2, 0) is 13.0 Å². The van der Waals surface area contributed by atoms with Gasteiger partial charge in [0.05, 0.1) is 16.7 Å². The number of aromatic nitrogens is 2. The monoisotopic (exact) mass is 259 g/mol. The minimum Gasteiger partial charge on any atom is -0.294 e. The second-order valence-electron chi connectivity index (χ2n) is 4.18. The van der Waals surface area contributed by atoms with E-state index < -0.39 is 0 Å². The van der Waals surface area contributed by atoms with E-state index >= 15 is 0 Å². The summed E-state index contributed by atoms with van der Waals surface area (Å²) in [7, 11) is 0. The zero-order valence-corrected chi connectivity index (χ0v) is 10.4. The van der Waals surface area contributed by atoms with E-state index in [1.165, 1.54) is 19.2 Å². The lowest BCUT2D eigenvalue weighted by atomic mass is 10.1. The molecule has 0 aliphatic carbocycles. The Labute approximate surface area is 109 Å². The molecular weight excluding hydrogens is 246 g/mol. The van der Waals surface area contributed by atoms with Gasteiger partial charge in [0.2, 0.25) is 0 Å². The van der Waals surface area contributed by atoms with Crippen LogP contribution in [0.1, 0.15) is 22.8 Å². The van der Waals surface area contributed by atoms with E-state index in [0.717, 1.165) is 0 Å². The number of nitro groups is 1. The molecule has 2 rings (SSSR count). The molecule has 0 fully saturated rings. The van der Waals surface area contributed by atoms with Crippen LogP contribution < -0.4 is 0 Å². The topological polar surface area (TPSA) is 78.0 Å². The lowest BCUT2D eigenvalue weighted by Crippen LogP contribution is -2.04. The van der Waals surface area contributed by atoms with Gasteiger partial charge in [0.1, 0.15) is 0 Å². The average Bonchev–Trinajstić information content (AvgIpc) is 2.85. The zero-order chi connectivity index (χ0) is 13.8. The molecule has 6 heteroatoms. The number of nitrogens with zero attached hydrogens (tertiary/aromatic N) is 3. The van der Waals surface area contributed by atoms with Crippen molar-refractivity contribution >= 4 is 11.5 Å². The van der Waals surface area contributed by atoms with Crippen LogP contribution in [0.3, 0.4) is 0 Å². The summed E-state index contributed by atoms with van der Waals surface area (Å²) in [5.41, 5.74) is 1.32. The van der Waals surface area contributed by atoms with Gasteiger partial charge in [-0.2, -0.15) is 5.10 Å². The van der Waals surface area contributed by atoms with Crippen LogP contribution in [0.2, 0.25) is 0 Å². The summed E-state index contributed by atoms with van der Waals surface area (Å²) in [6, 6.07) is 6.63. The van der Waals surface area contributed by atoms with Gasteiger partial charge in [-0.25, -0.2) is 0 Å². The molecule has 6 nitrogen and oxygen atoms in total. The second kappa shape index (κ2) is 5.43. The van der Waals surface area contributed by atoms with Gasteiger partial charge >= 0.3 is 0 Å². The normalized spacial score (nSPS) is 10.4. The Balaban J connectivity index is 2.10. The Morgan fingerprint density at radius 2 is 2.16 bits per heavy atom. The van der Waals surface area contributed by atoms with Crippen molar-refractivity contribution in [3.63, 3.8) is 0 Å². The van der Waals surface area contributed by atoms with E-state index in [1.54, 1.807) is 29.1 Å². The maximum atomic E-state index is 11.1. The van der Waals surface area contributed by atoms with Crippen LogP contribution in [0.4, 0.5) is 5.69 Å². The van der Waals surface area contributed by atoms with Crippen molar-refractivity contribution in [1.29, 1.82) is 0 Å². The van der Waals surface area contributed by atoms with Gasteiger partial charge < -0.3 is 0 Å². The van der Waals surface area contributed by atoms with Crippen molar-refractivity contribution in [2.45, 2.75) is 19.9 Å². The number of para-hydroxylation sites is 1. The molecule has 98 valence electrons. The van der Waals surface area contributed by atoms with Crippen LogP contribution in [0.25, 0.3) is 0 Å². The van der Waals surface area contributed by atoms with Gasteiger partial charge in [0, 0.05) is 24.4 Å². The van der Waals surface area contributed by atoms with Crippen LogP contribution in [0.5, 0.6) is 0 Å². The largest absolute Gasteiger partial charge is 0.294 e. The fourth-order valence-corrected chi connectivity index (χ4v) is 1.80. The molecule has 0 unspecified atom stereocenters. The first-order valence-corrected chi connectivity index (χ1v) is 5.83. The minimum absolute atomic E-state index is 0.0445. The predicted octanol–water partition coefficient (Wildman–Crippen LogP) is 2.24. The summed E-state index contributed by atoms with van der Waals surface area (Å²) in [6.45, 7) is 1.97. The number of ketones is 1. The molecule has 0 aliphatic rings.